The van der Waals surface area contributed by atoms with Crippen LogP contribution in [0.4, 0.5) is 4.39 Å². The van der Waals surface area contributed by atoms with E-state index in [0.29, 0.717) is 5.56 Å². The van der Waals surface area contributed by atoms with E-state index >= 15 is 0 Å². The van der Waals surface area contributed by atoms with E-state index in [2.05, 4.69) is 5.32 Å². The van der Waals surface area contributed by atoms with Gasteiger partial charge in [-0.2, -0.15) is 5.26 Å². The molecule has 0 unspecified atom stereocenters. The maximum absolute atomic E-state index is 12.8. The first kappa shape index (κ1) is 14.3. The van der Waals surface area contributed by atoms with Crippen molar-refractivity contribution in [3.05, 3.63) is 41.2 Å². The number of carbonyl (C=O) groups excluding carboxylic acids is 1. The smallest absolute Gasteiger partial charge is 0.262 e. The standard InChI is InChI=1S/C16H17FN2O/c17-14-8-6-12(7-9-14)10-13(11-18)16(20)19-15-4-2-1-3-5-15/h6-10,15H,1-5H2,(H,19,20)/b13-10-. The molecule has 1 aromatic carbocycles. The average Bonchev–Trinajstić information content (AvgIpc) is 2.47. The normalized spacial score (nSPS) is 16.5. The van der Waals surface area contributed by atoms with Crippen LogP contribution in [0, 0.1) is 17.1 Å². The van der Waals surface area contributed by atoms with Crippen molar-refractivity contribution in [2.24, 2.45) is 0 Å². The lowest BCUT2D eigenvalue weighted by atomic mass is 9.95. The molecule has 1 aromatic rings. The van der Waals surface area contributed by atoms with Crippen molar-refractivity contribution in [3.8, 4) is 6.07 Å². The van der Waals surface area contributed by atoms with Crippen LogP contribution < -0.4 is 5.32 Å². The summed E-state index contributed by atoms with van der Waals surface area (Å²) in [5.41, 5.74) is 0.698. The number of hydrogen-bond acceptors (Lipinski definition) is 2. The molecule has 0 spiro atoms. The number of halogens is 1. The fourth-order valence-electron chi connectivity index (χ4n) is 2.38. The van der Waals surface area contributed by atoms with Crippen molar-refractivity contribution in [1.82, 2.24) is 5.32 Å². The van der Waals surface area contributed by atoms with Gasteiger partial charge in [-0.15, -0.1) is 0 Å². The van der Waals surface area contributed by atoms with Gasteiger partial charge in [0, 0.05) is 6.04 Å². The molecule has 1 fully saturated rings. The first-order chi connectivity index (χ1) is 9.69. The fourth-order valence-corrected chi connectivity index (χ4v) is 2.38. The molecule has 20 heavy (non-hydrogen) atoms. The Kier molecular flexibility index (Phi) is 4.89. The van der Waals surface area contributed by atoms with Crippen LogP contribution in [-0.2, 0) is 4.79 Å². The van der Waals surface area contributed by atoms with Crippen LogP contribution in [0.15, 0.2) is 29.8 Å². The molecule has 0 bridgehead atoms. The van der Waals surface area contributed by atoms with E-state index in [1.807, 2.05) is 6.07 Å². The van der Waals surface area contributed by atoms with Crippen LogP contribution in [-0.4, -0.2) is 11.9 Å². The molecule has 1 aliphatic carbocycles. The number of amides is 1. The Morgan fingerprint density at radius 1 is 1.25 bits per heavy atom. The maximum Gasteiger partial charge on any atom is 0.262 e. The monoisotopic (exact) mass is 272 g/mol. The molecule has 1 aliphatic rings. The second kappa shape index (κ2) is 6.85. The van der Waals surface area contributed by atoms with E-state index in [9.17, 15) is 9.18 Å². The van der Waals surface area contributed by atoms with Crippen molar-refractivity contribution in [3.63, 3.8) is 0 Å². The lowest BCUT2D eigenvalue weighted by Gasteiger charge is -2.22. The molecule has 1 N–H and O–H groups in total. The molecule has 2 rings (SSSR count). The molecule has 3 nitrogen and oxygen atoms in total. The Labute approximate surface area is 118 Å². The fraction of sp³-hybridized carbons (Fsp3) is 0.375. The number of carbonyl (C=O) groups is 1. The minimum atomic E-state index is -0.344. The zero-order chi connectivity index (χ0) is 14.4. The van der Waals surface area contributed by atoms with Crippen molar-refractivity contribution in [2.75, 3.05) is 0 Å². The summed E-state index contributed by atoms with van der Waals surface area (Å²) in [6, 6.07) is 7.77. The number of nitriles is 1. The highest BCUT2D eigenvalue weighted by Gasteiger charge is 2.17. The predicted octanol–water partition coefficient (Wildman–Crippen LogP) is 3.18. The largest absolute Gasteiger partial charge is 0.349 e. The van der Waals surface area contributed by atoms with Crippen LogP contribution in [0.3, 0.4) is 0 Å². The quantitative estimate of drug-likeness (QED) is 0.678. The Bertz CT molecular complexity index is 537. The van der Waals surface area contributed by atoms with Gasteiger partial charge in [-0.05, 0) is 36.6 Å². The van der Waals surface area contributed by atoms with Gasteiger partial charge in [-0.1, -0.05) is 31.4 Å². The lowest BCUT2D eigenvalue weighted by Crippen LogP contribution is -2.36. The third-order valence-corrected chi connectivity index (χ3v) is 3.49. The van der Waals surface area contributed by atoms with Crippen molar-refractivity contribution in [1.29, 1.82) is 5.26 Å². The number of rotatable bonds is 3. The summed E-state index contributed by atoms with van der Waals surface area (Å²) in [6.45, 7) is 0. The topological polar surface area (TPSA) is 52.9 Å². The summed E-state index contributed by atoms with van der Waals surface area (Å²) in [7, 11) is 0. The molecule has 104 valence electrons. The van der Waals surface area contributed by atoms with Gasteiger partial charge in [0.1, 0.15) is 17.5 Å². The number of hydrogen-bond donors (Lipinski definition) is 1. The van der Waals surface area contributed by atoms with Gasteiger partial charge in [0.25, 0.3) is 5.91 Å². The van der Waals surface area contributed by atoms with Crippen LogP contribution in [0.2, 0.25) is 0 Å². The van der Waals surface area contributed by atoms with Crippen LogP contribution in [0.1, 0.15) is 37.7 Å². The summed E-state index contributed by atoms with van der Waals surface area (Å²) >= 11 is 0. The van der Waals surface area contributed by atoms with E-state index < -0.39 is 0 Å². The first-order valence-electron chi connectivity index (χ1n) is 6.87. The van der Waals surface area contributed by atoms with Gasteiger partial charge < -0.3 is 5.32 Å². The SMILES string of the molecule is N#C/C(=C/c1ccc(F)cc1)C(=O)NC1CCCCC1. The van der Waals surface area contributed by atoms with Crippen molar-refractivity contribution in [2.45, 2.75) is 38.1 Å². The van der Waals surface area contributed by atoms with Gasteiger partial charge in [0.05, 0.1) is 0 Å². The van der Waals surface area contributed by atoms with E-state index in [-0.39, 0.29) is 23.3 Å². The molecule has 0 aromatic heterocycles. The minimum absolute atomic E-state index is 0.0576. The molecule has 0 saturated heterocycles. The Balaban J connectivity index is 2.05. The summed E-state index contributed by atoms with van der Waals surface area (Å²) < 4.78 is 12.8. The second-order valence-corrected chi connectivity index (χ2v) is 5.03. The predicted molar refractivity (Wildman–Crippen MR) is 75.0 cm³/mol. The highest BCUT2D eigenvalue weighted by Crippen LogP contribution is 2.18. The highest BCUT2D eigenvalue weighted by molar-refractivity contribution is 6.01. The van der Waals surface area contributed by atoms with E-state index in [4.69, 9.17) is 5.26 Å². The molecule has 0 heterocycles. The second-order valence-electron chi connectivity index (χ2n) is 5.03. The van der Waals surface area contributed by atoms with E-state index in [0.717, 1.165) is 25.7 Å². The molecular formula is C16H17FN2O. The number of nitrogens with zero attached hydrogens (tertiary/aromatic N) is 1. The third kappa shape index (κ3) is 3.92. The zero-order valence-corrected chi connectivity index (χ0v) is 11.2. The van der Waals surface area contributed by atoms with Gasteiger partial charge >= 0.3 is 0 Å². The average molecular weight is 272 g/mol. The van der Waals surface area contributed by atoms with E-state index in [1.165, 1.54) is 24.6 Å². The van der Waals surface area contributed by atoms with Crippen LogP contribution >= 0.6 is 0 Å². The van der Waals surface area contributed by atoms with E-state index in [1.54, 1.807) is 12.1 Å². The summed E-state index contributed by atoms with van der Waals surface area (Å²) in [4.78, 5) is 12.0. The van der Waals surface area contributed by atoms with Gasteiger partial charge in [-0.25, -0.2) is 4.39 Å². The molecule has 0 aliphatic heterocycles. The lowest BCUT2D eigenvalue weighted by molar-refractivity contribution is -0.117. The molecule has 1 amide bonds. The molecule has 4 heteroatoms. The third-order valence-electron chi connectivity index (χ3n) is 3.49. The Morgan fingerprint density at radius 3 is 2.50 bits per heavy atom. The molecule has 0 radical (unpaired) electrons. The highest BCUT2D eigenvalue weighted by atomic mass is 19.1. The van der Waals surface area contributed by atoms with Crippen molar-refractivity contribution >= 4 is 12.0 Å². The summed E-state index contributed by atoms with van der Waals surface area (Å²) in [5, 5.41) is 12.0. The maximum atomic E-state index is 12.8. The molecule has 0 atom stereocenters. The summed E-state index contributed by atoms with van der Waals surface area (Å²) in [5.74, 6) is -0.684. The molecular weight excluding hydrogens is 255 g/mol. The van der Waals surface area contributed by atoms with Gasteiger partial charge in [0.15, 0.2) is 0 Å². The van der Waals surface area contributed by atoms with Crippen molar-refractivity contribution < 1.29 is 9.18 Å². The van der Waals surface area contributed by atoms with Crippen LogP contribution in [0.5, 0.6) is 0 Å². The number of benzene rings is 1. The Hall–Kier alpha value is -2.15. The summed E-state index contributed by atoms with van der Waals surface area (Å²) in [6.07, 6.45) is 6.88. The molecule has 1 saturated carbocycles. The van der Waals surface area contributed by atoms with Gasteiger partial charge in [0.2, 0.25) is 0 Å². The van der Waals surface area contributed by atoms with Crippen LogP contribution in [0.25, 0.3) is 6.08 Å². The first-order valence-corrected chi connectivity index (χ1v) is 6.87. The van der Waals surface area contributed by atoms with Gasteiger partial charge in [-0.3, -0.25) is 4.79 Å². The number of nitrogens with one attached hydrogen (secondary N) is 1. The zero-order valence-electron chi connectivity index (χ0n) is 11.2. The Morgan fingerprint density at radius 2 is 1.90 bits per heavy atom. The minimum Gasteiger partial charge on any atom is -0.349 e.